The third kappa shape index (κ3) is 3.38. The lowest BCUT2D eigenvalue weighted by Gasteiger charge is -2.13. The Balaban J connectivity index is 1.82. The van der Waals surface area contributed by atoms with Crippen LogP contribution in [0.3, 0.4) is 0 Å². The average Bonchev–Trinajstić information content (AvgIpc) is 2.82. The number of hydrogen-bond acceptors (Lipinski definition) is 3. The van der Waals surface area contributed by atoms with Crippen LogP contribution in [-0.4, -0.2) is 24.5 Å². The van der Waals surface area contributed by atoms with Crippen molar-refractivity contribution in [3.8, 4) is 0 Å². The first-order chi connectivity index (χ1) is 11.8. The predicted molar refractivity (Wildman–Crippen MR) is 98.4 cm³/mol. The molecule has 1 heterocycles. The van der Waals surface area contributed by atoms with Crippen LogP contribution in [0.2, 0.25) is 0 Å². The van der Waals surface area contributed by atoms with Crippen LogP contribution in [0.5, 0.6) is 0 Å². The van der Waals surface area contributed by atoms with Crippen LogP contribution in [0.4, 0.5) is 0 Å². The van der Waals surface area contributed by atoms with Crippen LogP contribution in [0.15, 0.2) is 46.1 Å². The van der Waals surface area contributed by atoms with Crippen LogP contribution in [0.1, 0.15) is 16.7 Å². The van der Waals surface area contributed by atoms with Crippen molar-refractivity contribution in [3.63, 3.8) is 0 Å². The van der Waals surface area contributed by atoms with E-state index < -0.39 is 10.0 Å². The number of H-pyrrole nitrogens is 1. The Bertz CT molecular complexity index is 1070. The molecule has 2 N–H and O–H groups in total. The van der Waals surface area contributed by atoms with Gasteiger partial charge in [0.05, 0.1) is 15.9 Å². The molecule has 25 heavy (non-hydrogen) atoms. The maximum atomic E-state index is 12.7. The quantitative estimate of drug-likeness (QED) is 0.733. The standard InChI is InChI=1S/C18H21N3O3S/c1-12-10-13(2)17(14(3)11-12)25(23,24)19-8-9-21-16-7-5-4-6-15(16)20-18(21)22/h4-7,10-11,19H,8-9H2,1-3H3,(H,20,22). The third-order valence-corrected chi connectivity index (χ3v) is 5.95. The number of rotatable bonds is 5. The van der Waals surface area contributed by atoms with Gasteiger partial charge in [-0.25, -0.2) is 17.9 Å². The molecule has 0 radical (unpaired) electrons. The summed E-state index contributed by atoms with van der Waals surface area (Å²) in [4.78, 5) is 15.1. The largest absolute Gasteiger partial charge is 0.326 e. The van der Waals surface area contributed by atoms with Crippen molar-refractivity contribution >= 4 is 21.1 Å². The van der Waals surface area contributed by atoms with Gasteiger partial charge in [0.1, 0.15) is 0 Å². The van der Waals surface area contributed by atoms with Crippen LogP contribution in [-0.2, 0) is 16.6 Å². The van der Waals surface area contributed by atoms with Gasteiger partial charge in [-0.05, 0) is 44.0 Å². The molecule has 3 rings (SSSR count). The Morgan fingerprint density at radius 1 is 1.08 bits per heavy atom. The molecule has 3 aromatic rings. The van der Waals surface area contributed by atoms with E-state index in [1.165, 1.54) is 4.57 Å². The fourth-order valence-electron chi connectivity index (χ4n) is 3.28. The molecule has 132 valence electrons. The molecule has 0 fully saturated rings. The first-order valence-electron chi connectivity index (χ1n) is 8.04. The zero-order valence-corrected chi connectivity index (χ0v) is 15.3. The second kappa shape index (κ2) is 6.50. The number of fused-ring (bicyclic) bond motifs is 1. The number of sulfonamides is 1. The van der Waals surface area contributed by atoms with Gasteiger partial charge in [-0.15, -0.1) is 0 Å². The minimum Gasteiger partial charge on any atom is -0.306 e. The highest BCUT2D eigenvalue weighted by molar-refractivity contribution is 7.89. The molecule has 0 spiro atoms. The van der Waals surface area contributed by atoms with Gasteiger partial charge in [0, 0.05) is 13.1 Å². The van der Waals surface area contributed by atoms with Gasteiger partial charge in [0.25, 0.3) is 0 Å². The molecule has 0 saturated heterocycles. The summed E-state index contributed by atoms with van der Waals surface area (Å²) in [6.45, 7) is 5.91. The van der Waals surface area contributed by atoms with E-state index in [1.54, 1.807) is 13.8 Å². The number of nitrogens with one attached hydrogen (secondary N) is 2. The number of para-hydroxylation sites is 2. The second-order valence-electron chi connectivity index (χ2n) is 6.22. The smallest absolute Gasteiger partial charge is 0.306 e. The van der Waals surface area contributed by atoms with E-state index in [0.717, 1.165) is 16.6 Å². The molecular weight excluding hydrogens is 338 g/mol. The Labute approximate surface area is 146 Å². The lowest BCUT2D eigenvalue weighted by molar-refractivity contribution is 0.571. The molecule has 0 unspecified atom stereocenters. The summed E-state index contributed by atoms with van der Waals surface area (Å²) >= 11 is 0. The SMILES string of the molecule is Cc1cc(C)c(S(=O)(=O)NCCn2c(=O)[nH]c3ccccc32)c(C)c1. The van der Waals surface area contributed by atoms with Gasteiger partial charge in [-0.2, -0.15) is 0 Å². The molecule has 6 nitrogen and oxygen atoms in total. The Morgan fingerprint density at radius 3 is 2.40 bits per heavy atom. The van der Waals surface area contributed by atoms with Crippen molar-refractivity contribution in [2.75, 3.05) is 6.54 Å². The zero-order valence-electron chi connectivity index (χ0n) is 14.5. The van der Waals surface area contributed by atoms with Crippen molar-refractivity contribution in [3.05, 3.63) is 63.6 Å². The molecular formula is C18H21N3O3S. The summed E-state index contributed by atoms with van der Waals surface area (Å²) in [7, 11) is -3.63. The number of aryl methyl sites for hydroxylation is 3. The minimum absolute atomic E-state index is 0.136. The van der Waals surface area contributed by atoms with E-state index in [0.29, 0.717) is 16.0 Å². The molecule has 7 heteroatoms. The highest BCUT2D eigenvalue weighted by Crippen LogP contribution is 2.21. The molecule has 0 saturated carbocycles. The van der Waals surface area contributed by atoms with Gasteiger partial charge in [-0.1, -0.05) is 29.8 Å². The van der Waals surface area contributed by atoms with Gasteiger partial charge >= 0.3 is 5.69 Å². The molecule has 0 amide bonds. The van der Waals surface area contributed by atoms with Crippen molar-refractivity contribution in [1.29, 1.82) is 0 Å². The van der Waals surface area contributed by atoms with E-state index in [4.69, 9.17) is 0 Å². The first kappa shape index (κ1) is 17.4. The van der Waals surface area contributed by atoms with Crippen molar-refractivity contribution < 1.29 is 8.42 Å². The third-order valence-electron chi connectivity index (χ3n) is 4.18. The molecule has 0 aliphatic heterocycles. The number of hydrogen-bond donors (Lipinski definition) is 2. The van der Waals surface area contributed by atoms with Crippen LogP contribution in [0, 0.1) is 20.8 Å². The summed E-state index contributed by atoms with van der Waals surface area (Å²) < 4.78 is 29.5. The highest BCUT2D eigenvalue weighted by atomic mass is 32.2. The van der Waals surface area contributed by atoms with E-state index >= 15 is 0 Å². The second-order valence-corrected chi connectivity index (χ2v) is 7.93. The molecule has 0 bridgehead atoms. The van der Waals surface area contributed by atoms with Gasteiger partial charge in [-0.3, -0.25) is 4.57 Å². The summed E-state index contributed by atoms with van der Waals surface area (Å²) in [6.07, 6.45) is 0. The summed E-state index contributed by atoms with van der Waals surface area (Å²) in [5.74, 6) is 0. The van der Waals surface area contributed by atoms with Crippen LogP contribution < -0.4 is 10.4 Å². The number of nitrogens with zero attached hydrogens (tertiary/aromatic N) is 1. The fourth-order valence-corrected chi connectivity index (χ4v) is 4.75. The molecule has 0 aliphatic rings. The van der Waals surface area contributed by atoms with Crippen molar-refractivity contribution in [2.24, 2.45) is 0 Å². The monoisotopic (exact) mass is 359 g/mol. The van der Waals surface area contributed by atoms with E-state index in [2.05, 4.69) is 9.71 Å². The number of aromatic nitrogens is 2. The average molecular weight is 359 g/mol. The summed E-state index contributed by atoms with van der Waals surface area (Å²) in [5, 5.41) is 0. The molecule has 0 aliphatic carbocycles. The Morgan fingerprint density at radius 2 is 1.72 bits per heavy atom. The van der Waals surface area contributed by atoms with Crippen LogP contribution >= 0.6 is 0 Å². The molecule has 0 atom stereocenters. The minimum atomic E-state index is -3.63. The van der Waals surface area contributed by atoms with Gasteiger partial charge < -0.3 is 4.98 Å². The van der Waals surface area contributed by atoms with E-state index in [1.807, 2.05) is 43.3 Å². The number of aromatic amines is 1. The van der Waals surface area contributed by atoms with Gasteiger partial charge in [0.2, 0.25) is 10.0 Å². The predicted octanol–water partition coefficient (Wildman–Crippen LogP) is 2.23. The first-order valence-corrected chi connectivity index (χ1v) is 9.53. The Hall–Kier alpha value is -2.38. The number of imidazole rings is 1. The maximum Gasteiger partial charge on any atom is 0.326 e. The Kier molecular flexibility index (Phi) is 4.53. The van der Waals surface area contributed by atoms with Crippen molar-refractivity contribution in [1.82, 2.24) is 14.3 Å². The highest BCUT2D eigenvalue weighted by Gasteiger charge is 2.19. The lowest BCUT2D eigenvalue weighted by Crippen LogP contribution is -2.31. The van der Waals surface area contributed by atoms with Crippen molar-refractivity contribution in [2.45, 2.75) is 32.2 Å². The summed E-state index contributed by atoms with van der Waals surface area (Å²) in [5.41, 5.74) is 3.71. The van der Waals surface area contributed by atoms with Crippen LogP contribution in [0.25, 0.3) is 11.0 Å². The normalized spacial score (nSPS) is 12.0. The zero-order chi connectivity index (χ0) is 18.2. The molecule has 2 aromatic carbocycles. The number of benzene rings is 2. The van der Waals surface area contributed by atoms with E-state index in [9.17, 15) is 13.2 Å². The fraction of sp³-hybridized carbons (Fsp3) is 0.278. The van der Waals surface area contributed by atoms with E-state index in [-0.39, 0.29) is 18.8 Å². The summed E-state index contributed by atoms with van der Waals surface area (Å²) in [6, 6.07) is 11.0. The van der Waals surface area contributed by atoms with Gasteiger partial charge in [0.15, 0.2) is 0 Å². The lowest BCUT2D eigenvalue weighted by atomic mass is 10.1. The topological polar surface area (TPSA) is 84.0 Å². The maximum absolute atomic E-state index is 12.7. The molecule has 1 aromatic heterocycles.